The minimum absolute atomic E-state index is 0.552. The summed E-state index contributed by atoms with van der Waals surface area (Å²) in [4.78, 5) is 13.4. The summed E-state index contributed by atoms with van der Waals surface area (Å²) < 4.78 is 0. The lowest BCUT2D eigenvalue weighted by molar-refractivity contribution is 0.684. The van der Waals surface area contributed by atoms with E-state index >= 15 is 0 Å². The number of anilines is 2. The Morgan fingerprint density at radius 1 is 1.04 bits per heavy atom. The van der Waals surface area contributed by atoms with Crippen molar-refractivity contribution in [3.05, 3.63) is 53.7 Å². The zero-order valence-corrected chi connectivity index (χ0v) is 14.7. The number of rotatable bonds is 7. The van der Waals surface area contributed by atoms with Gasteiger partial charge in [0.1, 0.15) is 10.8 Å². The van der Waals surface area contributed by atoms with Gasteiger partial charge in [-0.05, 0) is 12.0 Å². The van der Waals surface area contributed by atoms with Crippen molar-refractivity contribution in [2.24, 2.45) is 5.92 Å². The van der Waals surface area contributed by atoms with Crippen molar-refractivity contribution in [3.63, 3.8) is 0 Å². The second kappa shape index (κ2) is 7.88. The van der Waals surface area contributed by atoms with Gasteiger partial charge < -0.3 is 10.6 Å². The van der Waals surface area contributed by atoms with E-state index in [1.54, 1.807) is 17.5 Å². The fourth-order valence-electron chi connectivity index (χ4n) is 2.12. The number of hydrogen-bond donors (Lipinski definition) is 2. The predicted molar refractivity (Wildman–Crippen MR) is 100 cm³/mol. The van der Waals surface area contributed by atoms with Gasteiger partial charge in [0.2, 0.25) is 5.95 Å². The number of thiazole rings is 1. The molecule has 0 amide bonds. The molecule has 3 rings (SSSR count). The molecule has 0 saturated heterocycles. The Hall–Kier alpha value is -2.47. The summed E-state index contributed by atoms with van der Waals surface area (Å²) in [5.41, 5.74) is 2.16. The minimum Gasteiger partial charge on any atom is -0.364 e. The fourth-order valence-corrected chi connectivity index (χ4v) is 2.95. The van der Waals surface area contributed by atoms with E-state index in [4.69, 9.17) is 0 Å². The summed E-state index contributed by atoms with van der Waals surface area (Å²) >= 11 is 1.66. The quantitative estimate of drug-likeness (QED) is 0.673. The highest BCUT2D eigenvalue weighted by Gasteiger charge is 2.05. The molecule has 0 saturated carbocycles. The normalized spacial score (nSPS) is 10.8. The maximum absolute atomic E-state index is 4.67. The number of hydrogen-bond acceptors (Lipinski definition) is 6. The van der Waals surface area contributed by atoms with Crippen molar-refractivity contribution in [2.45, 2.75) is 20.4 Å². The molecule has 2 heterocycles. The SMILES string of the molecule is CC(C)CNc1nccc(NCc2csc(-c3ccccc3)n2)n1. The lowest BCUT2D eigenvalue weighted by Crippen LogP contribution is -2.11. The zero-order chi connectivity index (χ0) is 16.8. The third kappa shape index (κ3) is 4.52. The van der Waals surface area contributed by atoms with Crippen molar-refractivity contribution >= 4 is 23.1 Å². The number of benzene rings is 1. The zero-order valence-electron chi connectivity index (χ0n) is 13.9. The Balaban J connectivity index is 1.60. The molecule has 0 bridgehead atoms. The molecule has 2 N–H and O–H groups in total. The molecule has 0 aliphatic heterocycles. The Labute approximate surface area is 146 Å². The highest BCUT2D eigenvalue weighted by atomic mass is 32.1. The van der Waals surface area contributed by atoms with Gasteiger partial charge in [-0.25, -0.2) is 9.97 Å². The van der Waals surface area contributed by atoms with Crippen LogP contribution in [0.15, 0.2) is 48.0 Å². The maximum Gasteiger partial charge on any atom is 0.224 e. The minimum atomic E-state index is 0.552. The first-order valence-corrected chi connectivity index (χ1v) is 8.89. The molecule has 0 radical (unpaired) electrons. The third-order valence-corrected chi connectivity index (χ3v) is 4.29. The van der Waals surface area contributed by atoms with Crippen LogP contribution >= 0.6 is 11.3 Å². The maximum atomic E-state index is 4.67. The lowest BCUT2D eigenvalue weighted by Gasteiger charge is -2.09. The molecule has 0 spiro atoms. The Morgan fingerprint density at radius 2 is 1.88 bits per heavy atom. The summed E-state index contributed by atoms with van der Waals surface area (Å²) in [6, 6.07) is 12.1. The van der Waals surface area contributed by atoms with Gasteiger partial charge in [-0.2, -0.15) is 4.98 Å². The van der Waals surface area contributed by atoms with Gasteiger partial charge in [-0.15, -0.1) is 11.3 Å². The first-order chi connectivity index (χ1) is 11.7. The molecule has 0 aliphatic carbocycles. The Morgan fingerprint density at radius 3 is 2.67 bits per heavy atom. The van der Waals surface area contributed by atoms with E-state index in [1.165, 1.54) is 0 Å². The standard InChI is InChI=1S/C18H21N5S/c1-13(2)10-21-18-19-9-8-16(23-18)20-11-15-12-24-17(22-15)14-6-4-3-5-7-14/h3-9,12-13H,10-11H2,1-2H3,(H2,19,20,21,23). The second-order valence-corrected chi connectivity index (χ2v) is 6.76. The molecule has 3 aromatic rings. The third-order valence-electron chi connectivity index (χ3n) is 3.35. The Kier molecular flexibility index (Phi) is 5.38. The van der Waals surface area contributed by atoms with E-state index in [-0.39, 0.29) is 0 Å². The van der Waals surface area contributed by atoms with Gasteiger partial charge in [0.05, 0.1) is 12.2 Å². The lowest BCUT2D eigenvalue weighted by atomic mass is 10.2. The molecule has 24 heavy (non-hydrogen) atoms. The molecule has 0 aliphatic rings. The van der Waals surface area contributed by atoms with Crippen LogP contribution < -0.4 is 10.6 Å². The van der Waals surface area contributed by atoms with Crippen LogP contribution in [0.4, 0.5) is 11.8 Å². The van der Waals surface area contributed by atoms with Crippen molar-refractivity contribution in [2.75, 3.05) is 17.2 Å². The summed E-state index contributed by atoms with van der Waals surface area (Å²) in [5, 5.41) is 9.65. The first-order valence-electron chi connectivity index (χ1n) is 8.01. The van der Waals surface area contributed by atoms with Crippen molar-refractivity contribution in [3.8, 4) is 10.6 Å². The van der Waals surface area contributed by atoms with Gasteiger partial charge in [0, 0.05) is 23.7 Å². The van der Waals surface area contributed by atoms with Crippen LogP contribution in [0, 0.1) is 5.92 Å². The molecular weight excluding hydrogens is 318 g/mol. The van der Waals surface area contributed by atoms with E-state index in [0.29, 0.717) is 18.4 Å². The monoisotopic (exact) mass is 339 g/mol. The molecule has 5 nitrogen and oxygen atoms in total. The van der Waals surface area contributed by atoms with Crippen LogP contribution in [-0.2, 0) is 6.54 Å². The molecular formula is C18H21N5S. The van der Waals surface area contributed by atoms with Crippen LogP contribution in [0.1, 0.15) is 19.5 Å². The summed E-state index contributed by atoms with van der Waals surface area (Å²) in [7, 11) is 0. The average Bonchev–Trinajstić information content (AvgIpc) is 3.08. The molecule has 124 valence electrons. The van der Waals surface area contributed by atoms with E-state index in [9.17, 15) is 0 Å². The molecule has 0 fully saturated rings. The topological polar surface area (TPSA) is 62.7 Å². The van der Waals surface area contributed by atoms with Gasteiger partial charge in [0.15, 0.2) is 0 Å². The van der Waals surface area contributed by atoms with Crippen LogP contribution in [-0.4, -0.2) is 21.5 Å². The van der Waals surface area contributed by atoms with Gasteiger partial charge in [0.25, 0.3) is 0 Å². The van der Waals surface area contributed by atoms with Crippen molar-refractivity contribution in [1.82, 2.24) is 15.0 Å². The van der Waals surface area contributed by atoms with Gasteiger partial charge in [-0.1, -0.05) is 44.2 Å². The highest BCUT2D eigenvalue weighted by Crippen LogP contribution is 2.23. The number of nitrogens with one attached hydrogen (secondary N) is 2. The summed E-state index contributed by atoms with van der Waals surface area (Å²) in [6.45, 7) is 5.81. The van der Waals surface area contributed by atoms with Crippen LogP contribution in [0.2, 0.25) is 0 Å². The predicted octanol–water partition coefficient (Wildman–Crippen LogP) is 4.28. The van der Waals surface area contributed by atoms with Crippen molar-refractivity contribution in [1.29, 1.82) is 0 Å². The van der Waals surface area contributed by atoms with Crippen molar-refractivity contribution < 1.29 is 0 Å². The first kappa shape index (κ1) is 16.4. The van der Waals surface area contributed by atoms with E-state index in [1.807, 2.05) is 24.3 Å². The van der Waals surface area contributed by atoms with E-state index < -0.39 is 0 Å². The summed E-state index contributed by atoms with van der Waals surface area (Å²) in [5.74, 6) is 2.00. The molecule has 0 atom stereocenters. The number of aromatic nitrogens is 3. The van der Waals surface area contributed by atoms with Crippen LogP contribution in [0.3, 0.4) is 0 Å². The number of nitrogens with zero attached hydrogens (tertiary/aromatic N) is 3. The molecule has 6 heteroatoms. The largest absolute Gasteiger partial charge is 0.364 e. The van der Waals surface area contributed by atoms with E-state index in [2.05, 4.69) is 56.9 Å². The second-order valence-electron chi connectivity index (χ2n) is 5.90. The van der Waals surface area contributed by atoms with Gasteiger partial charge in [-0.3, -0.25) is 0 Å². The van der Waals surface area contributed by atoms with Gasteiger partial charge >= 0.3 is 0 Å². The highest BCUT2D eigenvalue weighted by molar-refractivity contribution is 7.13. The molecule has 0 unspecified atom stereocenters. The average molecular weight is 339 g/mol. The van der Waals surface area contributed by atoms with Crippen LogP contribution in [0.5, 0.6) is 0 Å². The summed E-state index contributed by atoms with van der Waals surface area (Å²) in [6.07, 6.45) is 1.76. The van der Waals surface area contributed by atoms with E-state index in [0.717, 1.165) is 28.6 Å². The van der Waals surface area contributed by atoms with Crippen LogP contribution in [0.25, 0.3) is 10.6 Å². The molecule has 1 aromatic carbocycles. The Bertz CT molecular complexity index is 770. The molecule has 2 aromatic heterocycles. The fraction of sp³-hybridized carbons (Fsp3) is 0.278. The smallest absolute Gasteiger partial charge is 0.224 e.